The lowest BCUT2D eigenvalue weighted by atomic mass is 9.97. The summed E-state index contributed by atoms with van der Waals surface area (Å²) in [5, 5.41) is 0. The molecule has 5 heteroatoms. The van der Waals surface area contributed by atoms with Crippen LogP contribution < -0.4 is 0 Å². The van der Waals surface area contributed by atoms with Crippen molar-refractivity contribution in [3.8, 4) is 0 Å². The van der Waals surface area contributed by atoms with Gasteiger partial charge in [0.05, 0.1) is 22.7 Å². The van der Waals surface area contributed by atoms with Gasteiger partial charge in [-0.15, -0.1) is 0 Å². The molecule has 0 saturated heterocycles. The fraction of sp³-hybridized carbons (Fsp3) is 0.588. The zero-order valence-corrected chi connectivity index (χ0v) is 14.7. The Morgan fingerprint density at radius 1 is 1.05 bits per heavy atom. The van der Waals surface area contributed by atoms with Gasteiger partial charge in [-0.05, 0) is 59.1 Å². The van der Waals surface area contributed by atoms with Crippen LogP contribution >= 0.6 is 0 Å². The molecular weight excluding hydrogens is 300 g/mol. The summed E-state index contributed by atoms with van der Waals surface area (Å²) in [6.07, 6.45) is 1.98. The fourth-order valence-corrected chi connectivity index (χ4v) is 3.19. The zero-order chi connectivity index (χ0) is 16.8. The molecule has 0 N–H and O–H groups in total. The summed E-state index contributed by atoms with van der Waals surface area (Å²) in [4.78, 5) is 11.9. The lowest BCUT2D eigenvalue weighted by molar-refractivity contribution is -0.153. The summed E-state index contributed by atoms with van der Waals surface area (Å²) >= 11 is 0. The topological polar surface area (TPSA) is 60.4 Å². The van der Waals surface area contributed by atoms with Crippen molar-refractivity contribution in [2.45, 2.75) is 51.9 Å². The van der Waals surface area contributed by atoms with Crippen molar-refractivity contribution < 1.29 is 17.9 Å². The Morgan fingerprint density at radius 3 is 2.18 bits per heavy atom. The van der Waals surface area contributed by atoms with E-state index in [9.17, 15) is 13.2 Å². The van der Waals surface area contributed by atoms with Crippen LogP contribution in [-0.4, -0.2) is 26.7 Å². The first-order valence-electron chi connectivity index (χ1n) is 7.59. The molecule has 0 bridgehead atoms. The number of esters is 1. The number of aryl methyl sites for hydroxylation is 1. The van der Waals surface area contributed by atoms with Gasteiger partial charge in [-0.1, -0.05) is 17.7 Å². The second kappa shape index (κ2) is 7.77. The summed E-state index contributed by atoms with van der Waals surface area (Å²) in [7, 11) is -3.21. The molecule has 1 aromatic carbocycles. The molecular formula is C17H26O4S. The van der Waals surface area contributed by atoms with Crippen LogP contribution in [0.4, 0.5) is 0 Å². The monoisotopic (exact) mass is 326 g/mol. The van der Waals surface area contributed by atoms with Crippen molar-refractivity contribution in [1.29, 1.82) is 0 Å². The average molecular weight is 326 g/mol. The standard InChI is InChI=1S/C17H26O4S/c1-14-8-10-15(11-9-14)22(19,20)13-7-5-6-12-21-16(18)17(2,3)4/h8-11H,5-7,12-13H2,1-4H3. The van der Waals surface area contributed by atoms with Crippen molar-refractivity contribution in [2.75, 3.05) is 12.4 Å². The number of ether oxygens (including phenoxy) is 1. The first-order valence-corrected chi connectivity index (χ1v) is 9.25. The molecule has 0 aliphatic rings. The normalized spacial score (nSPS) is 12.2. The molecule has 1 aromatic rings. The van der Waals surface area contributed by atoms with E-state index in [0.717, 1.165) is 12.0 Å². The van der Waals surface area contributed by atoms with Crippen molar-refractivity contribution in [3.63, 3.8) is 0 Å². The molecule has 0 aliphatic heterocycles. The largest absolute Gasteiger partial charge is 0.465 e. The van der Waals surface area contributed by atoms with Crippen LogP contribution in [0.3, 0.4) is 0 Å². The van der Waals surface area contributed by atoms with Crippen LogP contribution in [0, 0.1) is 12.3 Å². The minimum absolute atomic E-state index is 0.128. The van der Waals surface area contributed by atoms with Crippen molar-refractivity contribution in [1.82, 2.24) is 0 Å². The minimum Gasteiger partial charge on any atom is -0.465 e. The van der Waals surface area contributed by atoms with Gasteiger partial charge in [0.15, 0.2) is 9.84 Å². The number of carbonyl (C=O) groups excluding carboxylic acids is 1. The summed E-state index contributed by atoms with van der Waals surface area (Å²) in [5.41, 5.74) is 0.550. The highest BCUT2D eigenvalue weighted by Crippen LogP contribution is 2.16. The lowest BCUT2D eigenvalue weighted by Crippen LogP contribution is -2.23. The van der Waals surface area contributed by atoms with Crippen LogP contribution in [-0.2, 0) is 19.4 Å². The number of rotatable bonds is 7. The van der Waals surface area contributed by atoms with Crippen molar-refractivity contribution >= 4 is 15.8 Å². The molecule has 4 nitrogen and oxygen atoms in total. The highest BCUT2D eigenvalue weighted by atomic mass is 32.2. The average Bonchev–Trinajstić information content (AvgIpc) is 2.41. The van der Waals surface area contributed by atoms with Crippen LogP contribution in [0.25, 0.3) is 0 Å². The molecule has 0 heterocycles. The zero-order valence-electron chi connectivity index (χ0n) is 13.9. The number of hydrogen-bond donors (Lipinski definition) is 0. The first-order chi connectivity index (χ1) is 10.1. The third-order valence-electron chi connectivity index (χ3n) is 3.28. The van der Waals surface area contributed by atoms with Gasteiger partial charge in [-0.2, -0.15) is 0 Å². The van der Waals surface area contributed by atoms with E-state index in [4.69, 9.17) is 4.74 Å². The number of carbonyl (C=O) groups is 1. The van der Waals surface area contributed by atoms with Gasteiger partial charge in [0, 0.05) is 0 Å². The second-order valence-electron chi connectivity index (χ2n) is 6.58. The molecule has 0 saturated carbocycles. The van der Waals surface area contributed by atoms with E-state index < -0.39 is 15.3 Å². The molecule has 1 rings (SSSR count). The Bertz CT molecular complexity index is 580. The highest BCUT2D eigenvalue weighted by Gasteiger charge is 2.22. The molecule has 124 valence electrons. The second-order valence-corrected chi connectivity index (χ2v) is 8.69. The molecule has 0 unspecified atom stereocenters. The Balaban J connectivity index is 2.30. The third-order valence-corrected chi connectivity index (χ3v) is 5.10. The molecule has 0 atom stereocenters. The van der Waals surface area contributed by atoms with Gasteiger partial charge in [0.25, 0.3) is 0 Å². The van der Waals surface area contributed by atoms with E-state index in [1.807, 2.05) is 27.7 Å². The molecule has 0 aromatic heterocycles. The van der Waals surface area contributed by atoms with Crippen LogP contribution in [0.5, 0.6) is 0 Å². The van der Waals surface area contributed by atoms with Gasteiger partial charge in [-0.3, -0.25) is 4.79 Å². The Morgan fingerprint density at radius 2 is 1.64 bits per heavy atom. The fourth-order valence-electron chi connectivity index (χ4n) is 1.82. The molecule has 0 spiro atoms. The predicted molar refractivity (Wildman–Crippen MR) is 87.5 cm³/mol. The Kier molecular flexibility index (Phi) is 6.60. The van der Waals surface area contributed by atoms with E-state index in [0.29, 0.717) is 24.3 Å². The van der Waals surface area contributed by atoms with E-state index in [-0.39, 0.29) is 11.7 Å². The van der Waals surface area contributed by atoms with Crippen LogP contribution in [0.15, 0.2) is 29.2 Å². The van der Waals surface area contributed by atoms with Gasteiger partial charge in [0.1, 0.15) is 0 Å². The summed E-state index contributed by atoms with van der Waals surface area (Å²) in [6, 6.07) is 6.91. The molecule has 0 radical (unpaired) electrons. The highest BCUT2D eigenvalue weighted by molar-refractivity contribution is 7.91. The maximum Gasteiger partial charge on any atom is 0.311 e. The molecule has 22 heavy (non-hydrogen) atoms. The number of benzene rings is 1. The minimum atomic E-state index is -3.21. The van der Waals surface area contributed by atoms with E-state index >= 15 is 0 Å². The van der Waals surface area contributed by atoms with Gasteiger partial charge >= 0.3 is 5.97 Å². The Hall–Kier alpha value is -1.36. The molecule has 0 fully saturated rings. The molecule has 0 amide bonds. The molecule has 0 aliphatic carbocycles. The van der Waals surface area contributed by atoms with Gasteiger partial charge < -0.3 is 4.74 Å². The summed E-state index contributed by atoms with van der Waals surface area (Å²) in [5.74, 6) is -0.0942. The maximum atomic E-state index is 12.1. The SMILES string of the molecule is Cc1ccc(S(=O)(=O)CCCCCOC(=O)C(C)(C)C)cc1. The lowest BCUT2D eigenvalue weighted by Gasteiger charge is -2.16. The van der Waals surface area contributed by atoms with Crippen LogP contribution in [0.1, 0.15) is 45.6 Å². The van der Waals surface area contributed by atoms with E-state index in [2.05, 4.69) is 0 Å². The Labute approximate surface area is 133 Å². The van der Waals surface area contributed by atoms with E-state index in [1.54, 1.807) is 24.3 Å². The van der Waals surface area contributed by atoms with Crippen LogP contribution in [0.2, 0.25) is 0 Å². The van der Waals surface area contributed by atoms with Gasteiger partial charge in [-0.25, -0.2) is 8.42 Å². The maximum absolute atomic E-state index is 12.1. The summed E-state index contributed by atoms with van der Waals surface area (Å²) in [6.45, 7) is 7.70. The predicted octanol–water partition coefficient (Wildman–Crippen LogP) is 3.53. The van der Waals surface area contributed by atoms with Gasteiger partial charge in [0.2, 0.25) is 0 Å². The first kappa shape index (κ1) is 18.7. The van der Waals surface area contributed by atoms with Crippen molar-refractivity contribution in [3.05, 3.63) is 29.8 Å². The quantitative estimate of drug-likeness (QED) is 0.568. The van der Waals surface area contributed by atoms with Crippen molar-refractivity contribution in [2.24, 2.45) is 5.41 Å². The summed E-state index contributed by atoms with van der Waals surface area (Å²) < 4.78 is 29.4. The third kappa shape index (κ3) is 6.18. The smallest absolute Gasteiger partial charge is 0.311 e. The number of hydrogen-bond acceptors (Lipinski definition) is 4. The number of sulfone groups is 1. The number of unbranched alkanes of at least 4 members (excludes halogenated alkanes) is 2. The van der Waals surface area contributed by atoms with E-state index in [1.165, 1.54) is 0 Å².